The van der Waals surface area contributed by atoms with Gasteiger partial charge in [0.1, 0.15) is 5.82 Å². The predicted octanol–water partition coefficient (Wildman–Crippen LogP) is 7.48. The Morgan fingerprint density at radius 3 is 2.35 bits per heavy atom. The minimum Gasteiger partial charge on any atom is -0.491 e. The molecule has 0 saturated heterocycles. The van der Waals surface area contributed by atoms with Crippen LogP contribution in [0, 0.1) is 17.5 Å². The van der Waals surface area contributed by atoms with Crippen LogP contribution in [0.4, 0.5) is 13.2 Å². The molecule has 1 fully saturated rings. The molecule has 1 saturated carbocycles. The highest BCUT2D eigenvalue weighted by Gasteiger charge is 2.27. The van der Waals surface area contributed by atoms with Crippen molar-refractivity contribution in [2.45, 2.75) is 83.8 Å². The van der Waals surface area contributed by atoms with Crippen LogP contribution in [-0.4, -0.2) is 12.7 Å². The summed E-state index contributed by atoms with van der Waals surface area (Å²) in [6.07, 6.45) is 7.22. The molecule has 1 aliphatic rings. The molecule has 0 amide bonds. The first-order valence-electron chi connectivity index (χ1n) is 11.5. The van der Waals surface area contributed by atoms with E-state index in [1.807, 2.05) is 12.1 Å². The minimum absolute atomic E-state index is 0.00971. The largest absolute Gasteiger partial charge is 0.491 e. The van der Waals surface area contributed by atoms with Crippen molar-refractivity contribution < 1.29 is 22.6 Å². The quantitative estimate of drug-likeness (QED) is 0.361. The number of hydrogen-bond acceptors (Lipinski definition) is 2. The molecule has 0 aromatic heterocycles. The fraction of sp³-hybridized carbons (Fsp3) is 0.538. The summed E-state index contributed by atoms with van der Waals surface area (Å²) in [5.74, 6) is -2.01. The zero-order valence-electron chi connectivity index (χ0n) is 18.6. The van der Waals surface area contributed by atoms with Gasteiger partial charge in [-0.25, -0.2) is 8.78 Å². The molecule has 2 nitrogen and oxygen atoms in total. The van der Waals surface area contributed by atoms with Gasteiger partial charge in [0.25, 0.3) is 0 Å². The maximum Gasteiger partial charge on any atom is 0.200 e. The van der Waals surface area contributed by atoms with E-state index in [4.69, 9.17) is 9.47 Å². The number of unbranched alkanes of at least 4 members (excludes halogenated alkanes) is 2. The van der Waals surface area contributed by atoms with E-state index in [-0.39, 0.29) is 30.2 Å². The summed E-state index contributed by atoms with van der Waals surface area (Å²) >= 11 is 0. The first-order chi connectivity index (χ1) is 15.0. The second-order valence-corrected chi connectivity index (χ2v) is 8.38. The summed E-state index contributed by atoms with van der Waals surface area (Å²) in [6, 6.07) is 8.56. The Hall–Kier alpha value is -2.01. The van der Waals surface area contributed by atoms with Gasteiger partial charge in [0, 0.05) is 5.56 Å². The lowest BCUT2D eigenvalue weighted by atomic mass is 9.82. The number of aryl methyl sites for hydroxylation is 1. The zero-order valence-corrected chi connectivity index (χ0v) is 18.6. The van der Waals surface area contributed by atoms with Crippen LogP contribution in [0.3, 0.4) is 0 Å². The molecule has 170 valence electrons. The van der Waals surface area contributed by atoms with Crippen molar-refractivity contribution in [3.8, 4) is 5.75 Å². The Morgan fingerprint density at radius 2 is 1.68 bits per heavy atom. The van der Waals surface area contributed by atoms with Crippen molar-refractivity contribution in [2.24, 2.45) is 0 Å². The molecule has 31 heavy (non-hydrogen) atoms. The monoisotopic (exact) mass is 434 g/mol. The third-order valence-electron chi connectivity index (χ3n) is 6.15. The molecule has 0 heterocycles. The van der Waals surface area contributed by atoms with E-state index in [1.54, 1.807) is 19.1 Å². The Balaban J connectivity index is 1.50. The molecule has 0 atom stereocenters. The second kappa shape index (κ2) is 11.6. The van der Waals surface area contributed by atoms with E-state index >= 15 is 0 Å². The van der Waals surface area contributed by atoms with Crippen molar-refractivity contribution in [3.63, 3.8) is 0 Å². The highest BCUT2D eigenvalue weighted by molar-refractivity contribution is 5.33. The van der Waals surface area contributed by atoms with Crippen molar-refractivity contribution in [1.29, 1.82) is 0 Å². The third-order valence-corrected chi connectivity index (χ3v) is 6.15. The van der Waals surface area contributed by atoms with Crippen LogP contribution in [-0.2, 0) is 17.8 Å². The van der Waals surface area contributed by atoms with Crippen molar-refractivity contribution in [2.75, 3.05) is 6.61 Å². The number of halogens is 3. The van der Waals surface area contributed by atoms with Gasteiger partial charge < -0.3 is 9.47 Å². The summed E-state index contributed by atoms with van der Waals surface area (Å²) < 4.78 is 54.1. The SMILES string of the molecule is CCCCCc1ccc(COC2CCC(c3ccc(OCC)c(F)c3F)CC2)c(F)c1. The first-order valence-corrected chi connectivity index (χ1v) is 11.5. The van der Waals surface area contributed by atoms with E-state index in [0.717, 1.165) is 44.1 Å². The van der Waals surface area contributed by atoms with Crippen LogP contribution in [0.5, 0.6) is 5.75 Å². The van der Waals surface area contributed by atoms with Gasteiger partial charge in [-0.3, -0.25) is 0 Å². The smallest absolute Gasteiger partial charge is 0.200 e. The third kappa shape index (κ3) is 6.25. The molecule has 0 N–H and O–H groups in total. The maximum absolute atomic E-state index is 14.5. The fourth-order valence-electron chi connectivity index (χ4n) is 4.32. The highest BCUT2D eigenvalue weighted by atomic mass is 19.2. The summed E-state index contributed by atoms with van der Waals surface area (Å²) in [5, 5.41) is 0. The van der Waals surface area contributed by atoms with Crippen LogP contribution >= 0.6 is 0 Å². The molecular formula is C26H33F3O2. The summed E-state index contributed by atoms with van der Waals surface area (Å²) in [7, 11) is 0. The molecule has 0 radical (unpaired) electrons. The molecule has 2 aromatic carbocycles. The average Bonchev–Trinajstić information content (AvgIpc) is 2.77. The van der Waals surface area contributed by atoms with Crippen molar-refractivity contribution >= 4 is 0 Å². The minimum atomic E-state index is -0.911. The lowest BCUT2D eigenvalue weighted by Crippen LogP contribution is -2.21. The summed E-state index contributed by atoms with van der Waals surface area (Å²) in [4.78, 5) is 0. The number of rotatable bonds is 10. The van der Waals surface area contributed by atoms with Crippen molar-refractivity contribution in [3.05, 3.63) is 64.5 Å². The maximum atomic E-state index is 14.5. The van der Waals surface area contributed by atoms with E-state index in [2.05, 4.69) is 6.92 Å². The van der Waals surface area contributed by atoms with Crippen LogP contribution < -0.4 is 4.74 Å². The lowest BCUT2D eigenvalue weighted by Gasteiger charge is -2.29. The van der Waals surface area contributed by atoms with Crippen LogP contribution in [0.1, 0.15) is 81.4 Å². The van der Waals surface area contributed by atoms with Gasteiger partial charge in [-0.1, -0.05) is 38.0 Å². The average molecular weight is 435 g/mol. The number of benzene rings is 2. The molecular weight excluding hydrogens is 401 g/mol. The van der Waals surface area contributed by atoms with Crippen LogP contribution in [0.2, 0.25) is 0 Å². The van der Waals surface area contributed by atoms with Crippen LogP contribution in [0.15, 0.2) is 30.3 Å². The van der Waals surface area contributed by atoms with E-state index in [9.17, 15) is 13.2 Å². The fourth-order valence-corrected chi connectivity index (χ4v) is 4.32. The predicted molar refractivity (Wildman–Crippen MR) is 117 cm³/mol. The van der Waals surface area contributed by atoms with Gasteiger partial charge in [0.15, 0.2) is 11.6 Å². The van der Waals surface area contributed by atoms with Crippen LogP contribution in [0.25, 0.3) is 0 Å². The van der Waals surface area contributed by atoms with Gasteiger partial charge in [-0.05, 0) is 74.6 Å². The Bertz CT molecular complexity index is 845. The molecule has 3 rings (SSSR count). The first kappa shape index (κ1) is 23.6. The Labute approximate surface area is 183 Å². The topological polar surface area (TPSA) is 18.5 Å². The molecule has 5 heteroatoms. The van der Waals surface area contributed by atoms with Gasteiger partial charge in [0.05, 0.1) is 19.3 Å². The van der Waals surface area contributed by atoms with Gasteiger partial charge in [-0.2, -0.15) is 4.39 Å². The molecule has 0 unspecified atom stereocenters. The van der Waals surface area contributed by atoms with Crippen molar-refractivity contribution in [1.82, 2.24) is 0 Å². The second-order valence-electron chi connectivity index (χ2n) is 8.38. The van der Waals surface area contributed by atoms with Gasteiger partial charge in [0.2, 0.25) is 5.82 Å². The molecule has 0 bridgehead atoms. The zero-order chi connectivity index (χ0) is 22.2. The van der Waals surface area contributed by atoms with E-state index in [1.165, 1.54) is 6.07 Å². The van der Waals surface area contributed by atoms with Gasteiger partial charge in [-0.15, -0.1) is 0 Å². The lowest BCUT2D eigenvalue weighted by molar-refractivity contribution is 0.0118. The standard InChI is InChI=1S/C26H33F3O2/c1-3-5-6-7-18-8-9-20(23(27)16-18)17-31-21-12-10-19(11-13-21)22-14-15-24(30-4-2)26(29)25(22)28/h8-9,14-16,19,21H,3-7,10-13,17H2,1-2H3. The summed E-state index contributed by atoms with van der Waals surface area (Å²) in [6.45, 7) is 4.42. The number of ether oxygens (including phenoxy) is 2. The van der Waals surface area contributed by atoms with Gasteiger partial charge >= 0.3 is 0 Å². The normalized spacial score (nSPS) is 18.9. The van der Waals surface area contributed by atoms with E-state index < -0.39 is 11.6 Å². The number of hydrogen-bond donors (Lipinski definition) is 0. The molecule has 0 aliphatic heterocycles. The molecule has 0 spiro atoms. The Kier molecular flexibility index (Phi) is 8.82. The van der Waals surface area contributed by atoms with E-state index in [0.29, 0.717) is 30.6 Å². The summed E-state index contributed by atoms with van der Waals surface area (Å²) in [5.41, 5.74) is 2.00. The molecule has 1 aliphatic carbocycles. The Morgan fingerprint density at radius 1 is 0.903 bits per heavy atom. The highest BCUT2D eigenvalue weighted by Crippen LogP contribution is 2.37. The molecule has 2 aromatic rings.